The zero-order valence-electron chi connectivity index (χ0n) is 15.4. The number of nitrogens with one attached hydrogen (secondary N) is 1. The third-order valence-electron chi connectivity index (χ3n) is 5.11. The van der Waals surface area contributed by atoms with Crippen LogP contribution in [0.25, 0.3) is 0 Å². The second kappa shape index (κ2) is 9.48. The van der Waals surface area contributed by atoms with Crippen molar-refractivity contribution in [3.63, 3.8) is 0 Å². The number of piperazine rings is 1. The number of rotatable bonds is 6. The van der Waals surface area contributed by atoms with Crippen molar-refractivity contribution in [2.45, 2.75) is 19.0 Å². The number of methoxy groups -OCH3 is 3. The molecule has 0 spiro atoms. The van der Waals surface area contributed by atoms with Crippen LogP contribution in [-0.2, 0) is 6.54 Å². The third-order valence-corrected chi connectivity index (χ3v) is 5.11. The van der Waals surface area contributed by atoms with Gasteiger partial charge in [0.15, 0.2) is 0 Å². The van der Waals surface area contributed by atoms with Crippen molar-refractivity contribution in [2.75, 3.05) is 60.6 Å². The van der Waals surface area contributed by atoms with Crippen molar-refractivity contribution in [3.8, 4) is 17.2 Å². The molecule has 0 amide bonds. The SMILES string of the molecule is COc1cc(OC)c(CN2CCC(N3CCNCC3)C2)c(OC)c1.Cl. The van der Waals surface area contributed by atoms with Crippen LogP contribution in [0.4, 0.5) is 0 Å². The molecule has 6 nitrogen and oxygen atoms in total. The minimum atomic E-state index is 0. The van der Waals surface area contributed by atoms with Gasteiger partial charge in [0.05, 0.1) is 26.9 Å². The molecule has 0 radical (unpaired) electrons. The van der Waals surface area contributed by atoms with Crippen LogP contribution in [0.2, 0.25) is 0 Å². The first-order valence-electron chi connectivity index (χ1n) is 8.71. The van der Waals surface area contributed by atoms with Crippen LogP contribution in [0.3, 0.4) is 0 Å². The number of nitrogens with zero attached hydrogens (tertiary/aromatic N) is 2. The summed E-state index contributed by atoms with van der Waals surface area (Å²) < 4.78 is 16.5. The first-order chi connectivity index (χ1) is 11.7. The predicted molar refractivity (Wildman–Crippen MR) is 101 cm³/mol. The van der Waals surface area contributed by atoms with E-state index in [1.54, 1.807) is 21.3 Å². The minimum absolute atomic E-state index is 0. The van der Waals surface area contributed by atoms with Crippen LogP contribution in [0, 0.1) is 0 Å². The van der Waals surface area contributed by atoms with Crippen LogP contribution >= 0.6 is 12.4 Å². The summed E-state index contributed by atoms with van der Waals surface area (Å²) >= 11 is 0. The molecule has 1 atom stereocenters. The van der Waals surface area contributed by atoms with Gasteiger partial charge >= 0.3 is 0 Å². The molecule has 142 valence electrons. The highest BCUT2D eigenvalue weighted by atomic mass is 35.5. The average molecular weight is 372 g/mol. The lowest BCUT2D eigenvalue weighted by Crippen LogP contribution is -2.49. The summed E-state index contributed by atoms with van der Waals surface area (Å²) in [5.41, 5.74) is 1.10. The van der Waals surface area contributed by atoms with Gasteiger partial charge in [0.25, 0.3) is 0 Å². The molecule has 25 heavy (non-hydrogen) atoms. The van der Waals surface area contributed by atoms with Gasteiger partial charge in [-0.3, -0.25) is 9.80 Å². The van der Waals surface area contributed by atoms with Crippen LogP contribution in [0.15, 0.2) is 12.1 Å². The molecule has 0 aromatic heterocycles. The molecule has 3 rings (SSSR count). The summed E-state index contributed by atoms with van der Waals surface area (Å²) in [6.45, 7) is 7.61. The molecular weight excluding hydrogens is 342 g/mol. The van der Waals surface area contributed by atoms with Gasteiger partial charge < -0.3 is 19.5 Å². The van der Waals surface area contributed by atoms with Gasteiger partial charge in [0.2, 0.25) is 0 Å². The number of benzene rings is 1. The molecule has 0 saturated carbocycles. The highest BCUT2D eigenvalue weighted by Gasteiger charge is 2.29. The molecule has 0 bridgehead atoms. The largest absolute Gasteiger partial charge is 0.496 e. The molecule has 2 fully saturated rings. The predicted octanol–water partition coefficient (Wildman–Crippen LogP) is 1.61. The summed E-state index contributed by atoms with van der Waals surface area (Å²) in [6, 6.07) is 4.53. The smallest absolute Gasteiger partial charge is 0.130 e. The van der Waals surface area contributed by atoms with Gasteiger partial charge in [-0.15, -0.1) is 12.4 Å². The zero-order valence-corrected chi connectivity index (χ0v) is 16.2. The Kier molecular flexibility index (Phi) is 7.62. The third kappa shape index (κ3) is 4.70. The molecule has 2 aliphatic heterocycles. The lowest BCUT2D eigenvalue weighted by molar-refractivity contribution is 0.170. The van der Waals surface area contributed by atoms with Crippen molar-refractivity contribution in [1.82, 2.24) is 15.1 Å². The fraction of sp³-hybridized carbons (Fsp3) is 0.667. The Morgan fingerprint density at radius 1 is 1.00 bits per heavy atom. The summed E-state index contributed by atoms with van der Waals surface area (Å²) in [5, 5.41) is 3.43. The fourth-order valence-electron chi connectivity index (χ4n) is 3.76. The maximum atomic E-state index is 5.58. The Morgan fingerprint density at radius 3 is 2.20 bits per heavy atom. The highest BCUT2D eigenvalue weighted by molar-refractivity contribution is 5.85. The van der Waals surface area contributed by atoms with Gasteiger partial charge in [-0.1, -0.05) is 0 Å². The van der Waals surface area contributed by atoms with Crippen LogP contribution in [0.1, 0.15) is 12.0 Å². The fourth-order valence-corrected chi connectivity index (χ4v) is 3.76. The summed E-state index contributed by atoms with van der Waals surface area (Å²) in [4.78, 5) is 5.12. The Labute approximate surface area is 156 Å². The number of hydrogen-bond acceptors (Lipinski definition) is 6. The molecule has 2 heterocycles. The number of ether oxygens (including phenoxy) is 3. The van der Waals surface area contributed by atoms with Crippen molar-refractivity contribution in [3.05, 3.63) is 17.7 Å². The highest BCUT2D eigenvalue weighted by Crippen LogP contribution is 2.35. The van der Waals surface area contributed by atoms with Crippen molar-refractivity contribution < 1.29 is 14.2 Å². The van der Waals surface area contributed by atoms with E-state index < -0.39 is 0 Å². The first kappa shape index (κ1) is 20.1. The second-order valence-corrected chi connectivity index (χ2v) is 6.47. The standard InChI is InChI=1S/C18H29N3O3.ClH/c1-22-15-10-17(23-2)16(18(11-15)24-3)13-20-7-4-14(12-20)21-8-5-19-6-9-21;/h10-11,14,19H,4-9,12-13H2,1-3H3;1H. The topological polar surface area (TPSA) is 46.2 Å². The van der Waals surface area contributed by atoms with E-state index in [0.29, 0.717) is 6.04 Å². The summed E-state index contributed by atoms with van der Waals surface area (Å²) in [5.74, 6) is 2.42. The van der Waals surface area contributed by atoms with Gasteiger partial charge in [-0.25, -0.2) is 0 Å². The van der Waals surface area contributed by atoms with E-state index in [1.165, 1.54) is 6.42 Å². The molecule has 2 aliphatic rings. The maximum Gasteiger partial charge on any atom is 0.130 e. The van der Waals surface area contributed by atoms with Crippen molar-refractivity contribution >= 4 is 12.4 Å². The maximum absolute atomic E-state index is 5.58. The molecule has 1 unspecified atom stereocenters. The Morgan fingerprint density at radius 2 is 1.64 bits per heavy atom. The zero-order chi connectivity index (χ0) is 16.9. The van der Waals surface area contributed by atoms with Gasteiger partial charge in [-0.05, 0) is 6.42 Å². The molecule has 1 aromatic rings. The molecule has 0 aliphatic carbocycles. The van der Waals surface area contributed by atoms with E-state index in [0.717, 1.165) is 68.6 Å². The van der Waals surface area contributed by atoms with Gasteiger partial charge in [-0.2, -0.15) is 0 Å². The lowest BCUT2D eigenvalue weighted by atomic mass is 10.1. The quantitative estimate of drug-likeness (QED) is 0.819. The molecule has 1 aromatic carbocycles. The summed E-state index contributed by atoms with van der Waals surface area (Å²) in [6.07, 6.45) is 1.24. The number of hydrogen-bond donors (Lipinski definition) is 1. The van der Waals surface area contributed by atoms with E-state index in [-0.39, 0.29) is 12.4 Å². The van der Waals surface area contributed by atoms with Crippen LogP contribution < -0.4 is 19.5 Å². The van der Waals surface area contributed by atoms with Crippen molar-refractivity contribution in [1.29, 1.82) is 0 Å². The molecule has 1 N–H and O–H groups in total. The average Bonchev–Trinajstić information content (AvgIpc) is 3.11. The molecule has 2 saturated heterocycles. The Hall–Kier alpha value is -1.21. The monoisotopic (exact) mass is 371 g/mol. The molecule has 7 heteroatoms. The van der Waals surface area contributed by atoms with Crippen LogP contribution in [-0.4, -0.2) is 76.4 Å². The van der Waals surface area contributed by atoms with Crippen LogP contribution in [0.5, 0.6) is 17.2 Å². The van der Waals surface area contributed by atoms with E-state index in [9.17, 15) is 0 Å². The Bertz CT molecular complexity index is 527. The van der Waals surface area contributed by atoms with Gasteiger partial charge in [0.1, 0.15) is 17.2 Å². The number of halogens is 1. The first-order valence-corrected chi connectivity index (χ1v) is 8.71. The normalized spacial score (nSPS) is 21.6. The minimum Gasteiger partial charge on any atom is -0.496 e. The number of likely N-dealkylation sites (tertiary alicyclic amines) is 1. The molecular formula is C18H30ClN3O3. The van der Waals surface area contributed by atoms with E-state index >= 15 is 0 Å². The summed E-state index contributed by atoms with van der Waals surface area (Å²) in [7, 11) is 5.06. The second-order valence-electron chi connectivity index (χ2n) is 6.47. The van der Waals surface area contributed by atoms with Gasteiger partial charge in [0, 0.05) is 64.0 Å². The van der Waals surface area contributed by atoms with E-state index in [2.05, 4.69) is 15.1 Å². The van der Waals surface area contributed by atoms with E-state index in [4.69, 9.17) is 14.2 Å². The lowest BCUT2D eigenvalue weighted by Gasteiger charge is -2.32. The van der Waals surface area contributed by atoms with E-state index in [1.807, 2.05) is 12.1 Å². The van der Waals surface area contributed by atoms with Crippen molar-refractivity contribution in [2.24, 2.45) is 0 Å². The Balaban J connectivity index is 0.00000225.